The van der Waals surface area contributed by atoms with Crippen molar-refractivity contribution in [1.82, 2.24) is 15.2 Å². The second kappa shape index (κ2) is 7.64. The van der Waals surface area contributed by atoms with Crippen molar-refractivity contribution in [1.29, 1.82) is 0 Å². The lowest BCUT2D eigenvalue weighted by atomic mass is 9.98. The van der Waals surface area contributed by atoms with Gasteiger partial charge in [-0.05, 0) is 51.4 Å². The lowest BCUT2D eigenvalue weighted by Crippen LogP contribution is -2.42. The molecule has 1 N–H and O–H groups in total. The Morgan fingerprint density at radius 2 is 2.17 bits per heavy atom. The summed E-state index contributed by atoms with van der Waals surface area (Å²) < 4.78 is 0. The van der Waals surface area contributed by atoms with Crippen LogP contribution in [0.25, 0.3) is 10.6 Å². The van der Waals surface area contributed by atoms with E-state index in [0.29, 0.717) is 10.9 Å². The summed E-state index contributed by atoms with van der Waals surface area (Å²) in [6, 6.07) is 7.58. The van der Waals surface area contributed by atoms with Crippen molar-refractivity contribution in [3.8, 4) is 10.6 Å². The largest absolute Gasteiger partial charge is 0.338 e. The third-order valence-corrected chi connectivity index (χ3v) is 5.83. The summed E-state index contributed by atoms with van der Waals surface area (Å²) >= 11 is 7.42. The molecule has 0 spiro atoms. The van der Waals surface area contributed by atoms with E-state index in [1.165, 1.54) is 17.8 Å². The number of nitrogens with one attached hydrogen (secondary N) is 1. The second-order valence-corrected chi connectivity index (χ2v) is 7.69. The number of nitrogens with zero attached hydrogens (tertiary/aromatic N) is 2. The van der Waals surface area contributed by atoms with E-state index < -0.39 is 0 Å². The number of aromatic nitrogens is 1. The Kier molecular flexibility index (Phi) is 5.54. The lowest BCUT2D eigenvalue weighted by molar-refractivity contribution is 0.0678. The van der Waals surface area contributed by atoms with Gasteiger partial charge in [0.15, 0.2) is 0 Å². The van der Waals surface area contributed by atoms with Crippen molar-refractivity contribution in [3.05, 3.63) is 39.9 Å². The van der Waals surface area contributed by atoms with Crippen LogP contribution in [-0.2, 0) is 0 Å². The number of hydrogen-bond donors (Lipinski definition) is 1. The average Bonchev–Trinajstić information content (AvgIpc) is 2.97. The van der Waals surface area contributed by atoms with Gasteiger partial charge in [0.05, 0.1) is 5.69 Å². The maximum Gasteiger partial charge on any atom is 0.265 e. The van der Waals surface area contributed by atoms with E-state index >= 15 is 0 Å². The zero-order valence-corrected chi connectivity index (χ0v) is 15.6. The second-order valence-electron chi connectivity index (χ2n) is 6.26. The van der Waals surface area contributed by atoms with E-state index in [4.69, 9.17) is 11.6 Å². The lowest BCUT2D eigenvalue weighted by Gasteiger charge is -2.32. The highest BCUT2D eigenvalue weighted by Gasteiger charge is 2.27. The number of halogens is 1. The van der Waals surface area contributed by atoms with Crippen LogP contribution in [0.5, 0.6) is 0 Å². The van der Waals surface area contributed by atoms with Crippen molar-refractivity contribution in [2.75, 3.05) is 26.7 Å². The van der Waals surface area contributed by atoms with Crippen LogP contribution in [0.1, 0.15) is 28.2 Å². The first kappa shape index (κ1) is 17.4. The van der Waals surface area contributed by atoms with E-state index in [-0.39, 0.29) is 5.91 Å². The molecular weight excluding hydrogens is 342 g/mol. The molecule has 1 aliphatic rings. The maximum absolute atomic E-state index is 12.9. The van der Waals surface area contributed by atoms with Crippen molar-refractivity contribution in [2.24, 2.45) is 5.92 Å². The van der Waals surface area contributed by atoms with Crippen LogP contribution < -0.4 is 5.32 Å². The summed E-state index contributed by atoms with van der Waals surface area (Å²) in [4.78, 5) is 20.3. The molecule has 0 radical (unpaired) electrons. The Bertz CT molecular complexity index is 712. The predicted octanol–water partition coefficient (Wildman–Crippen LogP) is 3.84. The van der Waals surface area contributed by atoms with Gasteiger partial charge in [-0.15, -0.1) is 11.3 Å². The average molecular weight is 364 g/mol. The highest BCUT2D eigenvalue weighted by molar-refractivity contribution is 7.17. The van der Waals surface area contributed by atoms with Crippen molar-refractivity contribution in [3.63, 3.8) is 0 Å². The van der Waals surface area contributed by atoms with Crippen LogP contribution in [0.15, 0.2) is 24.3 Å². The summed E-state index contributed by atoms with van der Waals surface area (Å²) in [5, 5.41) is 4.79. The molecule has 2 aromatic rings. The fourth-order valence-electron chi connectivity index (χ4n) is 3.16. The van der Waals surface area contributed by atoms with Gasteiger partial charge in [-0.3, -0.25) is 4.79 Å². The Balaban J connectivity index is 1.79. The molecule has 1 unspecified atom stereocenters. The minimum Gasteiger partial charge on any atom is -0.338 e. The molecule has 4 nitrogen and oxygen atoms in total. The molecule has 1 amide bonds. The normalized spacial score (nSPS) is 18.0. The SMILES string of the molecule is CNCC1CCCN(C(=O)c2sc(-c3ccc(Cl)cc3)nc2C)C1. The van der Waals surface area contributed by atoms with Crippen LogP contribution >= 0.6 is 22.9 Å². The van der Waals surface area contributed by atoms with Gasteiger partial charge in [-0.2, -0.15) is 0 Å². The minimum absolute atomic E-state index is 0.117. The van der Waals surface area contributed by atoms with Gasteiger partial charge in [0.2, 0.25) is 0 Å². The van der Waals surface area contributed by atoms with Gasteiger partial charge in [0.25, 0.3) is 5.91 Å². The molecule has 24 heavy (non-hydrogen) atoms. The van der Waals surface area contributed by atoms with E-state index in [1.54, 1.807) is 0 Å². The van der Waals surface area contributed by atoms with Crippen LogP contribution in [0, 0.1) is 12.8 Å². The number of carbonyl (C=O) groups is 1. The molecule has 3 rings (SSSR count). The number of carbonyl (C=O) groups excluding carboxylic acids is 1. The van der Waals surface area contributed by atoms with Crippen molar-refractivity contribution in [2.45, 2.75) is 19.8 Å². The first-order chi connectivity index (χ1) is 11.6. The number of rotatable bonds is 4. The molecule has 1 saturated heterocycles. The highest BCUT2D eigenvalue weighted by atomic mass is 35.5. The van der Waals surface area contributed by atoms with E-state index in [0.717, 1.165) is 47.2 Å². The van der Waals surface area contributed by atoms with Gasteiger partial charge in [-0.25, -0.2) is 4.98 Å². The molecule has 1 aromatic carbocycles. The van der Waals surface area contributed by atoms with Crippen LogP contribution in [-0.4, -0.2) is 42.5 Å². The Morgan fingerprint density at radius 1 is 1.42 bits per heavy atom. The Hall–Kier alpha value is -1.43. The molecule has 0 aliphatic carbocycles. The van der Waals surface area contributed by atoms with Crippen LogP contribution in [0.3, 0.4) is 0 Å². The van der Waals surface area contributed by atoms with Gasteiger partial charge in [0.1, 0.15) is 9.88 Å². The molecule has 1 fully saturated rings. The third kappa shape index (κ3) is 3.79. The first-order valence-electron chi connectivity index (χ1n) is 8.25. The summed E-state index contributed by atoms with van der Waals surface area (Å²) in [7, 11) is 1.96. The van der Waals surface area contributed by atoms with Crippen LogP contribution in [0.2, 0.25) is 5.02 Å². The number of benzene rings is 1. The molecule has 128 valence electrons. The number of hydrogen-bond acceptors (Lipinski definition) is 4. The number of thiazole rings is 1. The number of likely N-dealkylation sites (tertiary alicyclic amines) is 1. The third-order valence-electron chi connectivity index (χ3n) is 4.38. The molecule has 0 bridgehead atoms. The van der Waals surface area contributed by atoms with Gasteiger partial charge >= 0.3 is 0 Å². The molecule has 1 atom stereocenters. The Labute approximate surface area is 151 Å². The zero-order valence-electron chi connectivity index (χ0n) is 14.0. The summed E-state index contributed by atoms with van der Waals surface area (Å²) in [6.45, 7) is 4.54. The first-order valence-corrected chi connectivity index (χ1v) is 9.45. The smallest absolute Gasteiger partial charge is 0.265 e. The molecular formula is C18H22ClN3OS. The molecule has 1 aliphatic heterocycles. The fourth-order valence-corrected chi connectivity index (χ4v) is 4.32. The number of amides is 1. The molecule has 2 heterocycles. The summed E-state index contributed by atoms with van der Waals surface area (Å²) in [6.07, 6.45) is 2.25. The quantitative estimate of drug-likeness (QED) is 0.897. The van der Waals surface area contributed by atoms with Crippen molar-refractivity contribution >= 4 is 28.8 Å². The number of aryl methyl sites for hydroxylation is 1. The van der Waals surface area contributed by atoms with Crippen LogP contribution in [0.4, 0.5) is 0 Å². The fraction of sp³-hybridized carbons (Fsp3) is 0.444. The summed E-state index contributed by atoms with van der Waals surface area (Å²) in [5.74, 6) is 0.655. The maximum atomic E-state index is 12.9. The summed E-state index contributed by atoms with van der Waals surface area (Å²) in [5.41, 5.74) is 1.81. The standard InChI is InChI=1S/C18H22ClN3OS/c1-12-16(18(23)22-9-3-4-13(11-22)10-20-2)24-17(21-12)14-5-7-15(19)8-6-14/h5-8,13,20H,3-4,9-11H2,1-2H3. The Morgan fingerprint density at radius 3 is 2.88 bits per heavy atom. The van der Waals surface area contributed by atoms with E-state index in [2.05, 4.69) is 10.3 Å². The van der Waals surface area contributed by atoms with E-state index in [1.807, 2.05) is 43.1 Å². The van der Waals surface area contributed by atoms with Gasteiger partial charge < -0.3 is 10.2 Å². The minimum atomic E-state index is 0.117. The topological polar surface area (TPSA) is 45.2 Å². The molecule has 0 saturated carbocycles. The predicted molar refractivity (Wildman–Crippen MR) is 99.9 cm³/mol. The van der Waals surface area contributed by atoms with E-state index in [9.17, 15) is 4.79 Å². The highest BCUT2D eigenvalue weighted by Crippen LogP contribution is 2.30. The number of piperidine rings is 1. The van der Waals surface area contributed by atoms with Crippen molar-refractivity contribution < 1.29 is 4.79 Å². The molecule has 1 aromatic heterocycles. The van der Waals surface area contributed by atoms with Gasteiger partial charge in [0, 0.05) is 23.7 Å². The molecule has 6 heteroatoms. The van der Waals surface area contributed by atoms with Gasteiger partial charge in [-0.1, -0.05) is 23.7 Å². The zero-order chi connectivity index (χ0) is 17.1. The monoisotopic (exact) mass is 363 g/mol.